The summed E-state index contributed by atoms with van der Waals surface area (Å²) in [6.45, 7) is 1.44. The Morgan fingerprint density at radius 3 is 2.65 bits per heavy atom. The van der Waals surface area contributed by atoms with E-state index in [0.29, 0.717) is 0 Å². The smallest absolute Gasteiger partial charge is 0.433 e. The summed E-state index contributed by atoms with van der Waals surface area (Å²) >= 11 is 4.72. The fourth-order valence-electron chi connectivity index (χ4n) is 1.32. The number of ether oxygens (including phenoxy) is 1. The van der Waals surface area contributed by atoms with E-state index in [1.807, 2.05) is 0 Å². The summed E-state index contributed by atoms with van der Waals surface area (Å²) < 4.78 is 42.4. The van der Waals surface area contributed by atoms with Crippen LogP contribution < -0.4 is 11.1 Å². The fourth-order valence-corrected chi connectivity index (χ4v) is 1.48. The maximum atomic E-state index is 12.6. The Morgan fingerprint density at radius 1 is 1.50 bits per heavy atom. The van der Waals surface area contributed by atoms with Crippen LogP contribution in [0, 0.1) is 0 Å². The van der Waals surface area contributed by atoms with Crippen LogP contribution in [0.1, 0.15) is 18.2 Å². The normalized spacial score (nSPS) is 11.0. The summed E-state index contributed by atoms with van der Waals surface area (Å²) in [6, 6.07) is 1.87. The first-order valence-corrected chi connectivity index (χ1v) is 5.94. The van der Waals surface area contributed by atoms with Crippen molar-refractivity contribution in [2.75, 3.05) is 18.5 Å². The summed E-state index contributed by atoms with van der Waals surface area (Å²) in [4.78, 5) is 14.4. The molecule has 9 heteroatoms. The van der Waals surface area contributed by atoms with E-state index in [1.165, 1.54) is 0 Å². The fraction of sp³-hybridized carbons (Fsp3) is 0.364. The zero-order valence-electron chi connectivity index (χ0n) is 10.5. The van der Waals surface area contributed by atoms with Crippen molar-refractivity contribution in [1.82, 2.24) is 4.98 Å². The summed E-state index contributed by atoms with van der Waals surface area (Å²) in [5.41, 5.74) is 4.41. The number of hydrogen-bond donors (Lipinski definition) is 2. The van der Waals surface area contributed by atoms with Crippen LogP contribution in [0.5, 0.6) is 0 Å². The average molecular weight is 307 g/mol. The van der Waals surface area contributed by atoms with Crippen molar-refractivity contribution in [2.24, 2.45) is 5.73 Å². The molecule has 0 amide bonds. The third-order valence-corrected chi connectivity index (χ3v) is 2.38. The zero-order valence-corrected chi connectivity index (χ0v) is 11.3. The number of thiocarbonyl (C=S) groups is 1. The number of carbonyl (C=O) groups excluding carboxylic acids is 1. The molecule has 0 saturated heterocycles. The van der Waals surface area contributed by atoms with Crippen LogP contribution in [0.4, 0.5) is 19.0 Å². The van der Waals surface area contributed by atoms with Crippen molar-refractivity contribution in [2.45, 2.75) is 13.1 Å². The third kappa shape index (κ3) is 4.34. The number of aromatic nitrogens is 1. The number of nitrogens with two attached hydrogens (primary N) is 1. The Bertz CT molecular complexity index is 520. The van der Waals surface area contributed by atoms with Crippen molar-refractivity contribution in [3.05, 3.63) is 23.4 Å². The Labute approximate surface area is 118 Å². The van der Waals surface area contributed by atoms with E-state index in [4.69, 9.17) is 18.0 Å². The molecular weight excluding hydrogens is 295 g/mol. The lowest BCUT2D eigenvalue weighted by Gasteiger charge is -2.13. The zero-order chi connectivity index (χ0) is 15.3. The van der Waals surface area contributed by atoms with Crippen LogP contribution in [0.25, 0.3) is 0 Å². The lowest BCUT2D eigenvalue weighted by Crippen LogP contribution is -2.22. The number of pyridine rings is 1. The Kier molecular flexibility index (Phi) is 5.26. The third-order valence-electron chi connectivity index (χ3n) is 2.16. The second-order valence-corrected chi connectivity index (χ2v) is 4.05. The topological polar surface area (TPSA) is 77.2 Å². The molecule has 0 aromatic carbocycles. The van der Waals surface area contributed by atoms with Gasteiger partial charge in [0.2, 0.25) is 0 Å². The molecule has 110 valence electrons. The summed E-state index contributed by atoms with van der Waals surface area (Å²) in [5.74, 6) is -0.832. The molecule has 0 fully saturated rings. The van der Waals surface area contributed by atoms with Gasteiger partial charge in [0.05, 0.1) is 12.2 Å². The van der Waals surface area contributed by atoms with E-state index in [-0.39, 0.29) is 29.5 Å². The monoisotopic (exact) mass is 307 g/mol. The number of nitrogens with one attached hydrogen (secondary N) is 1. The van der Waals surface area contributed by atoms with Gasteiger partial charge in [-0.3, -0.25) is 4.79 Å². The SMILES string of the molecule is CCOC(=O)CNc1nc(C(F)(F)F)ccc1C(N)=S. The Hall–Kier alpha value is -1.90. The molecule has 0 bridgehead atoms. The lowest BCUT2D eigenvalue weighted by molar-refractivity contribution is -0.141. The molecule has 5 nitrogen and oxygen atoms in total. The molecule has 3 N–H and O–H groups in total. The van der Waals surface area contributed by atoms with E-state index in [2.05, 4.69) is 15.0 Å². The summed E-state index contributed by atoms with van der Waals surface area (Å²) in [6.07, 6.45) is -4.60. The number of halogens is 3. The predicted octanol–water partition coefficient (Wildman–Crippen LogP) is 1.71. The van der Waals surface area contributed by atoms with Crippen molar-refractivity contribution >= 4 is 29.0 Å². The van der Waals surface area contributed by atoms with Gasteiger partial charge in [0.25, 0.3) is 0 Å². The highest BCUT2D eigenvalue weighted by atomic mass is 32.1. The van der Waals surface area contributed by atoms with Gasteiger partial charge < -0.3 is 15.8 Å². The molecule has 0 radical (unpaired) electrons. The Balaban J connectivity index is 3.01. The minimum absolute atomic E-state index is 0.122. The van der Waals surface area contributed by atoms with Crippen LogP contribution in [0.15, 0.2) is 12.1 Å². The van der Waals surface area contributed by atoms with Crippen molar-refractivity contribution in [3.8, 4) is 0 Å². The van der Waals surface area contributed by atoms with E-state index in [1.54, 1.807) is 6.92 Å². The average Bonchev–Trinajstić information content (AvgIpc) is 2.35. The lowest BCUT2D eigenvalue weighted by atomic mass is 10.2. The number of nitrogens with zero attached hydrogens (tertiary/aromatic N) is 1. The molecule has 20 heavy (non-hydrogen) atoms. The molecule has 0 aliphatic carbocycles. The van der Waals surface area contributed by atoms with Gasteiger partial charge in [-0.05, 0) is 19.1 Å². The number of anilines is 1. The maximum absolute atomic E-state index is 12.6. The molecule has 1 heterocycles. The maximum Gasteiger partial charge on any atom is 0.433 e. The molecule has 0 aliphatic heterocycles. The Morgan fingerprint density at radius 2 is 2.15 bits per heavy atom. The second kappa shape index (κ2) is 6.51. The molecule has 0 unspecified atom stereocenters. The summed E-state index contributed by atoms with van der Waals surface area (Å²) in [5, 5.41) is 2.44. The van der Waals surface area contributed by atoms with E-state index in [0.717, 1.165) is 12.1 Å². The molecule has 0 aliphatic rings. The molecule has 1 rings (SSSR count). The van der Waals surface area contributed by atoms with Gasteiger partial charge in [-0.1, -0.05) is 12.2 Å². The first-order chi connectivity index (χ1) is 9.25. The van der Waals surface area contributed by atoms with Crippen molar-refractivity contribution in [3.63, 3.8) is 0 Å². The molecule has 1 aromatic rings. The van der Waals surface area contributed by atoms with Crippen LogP contribution in [-0.4, -0.2) is 29.1 Å². The van der Waals surface area contributed by atoms with Crippen LogP contribution in [0.2, 0.25) is 0 Å². The van der Waals surface area contributed by atoms with Gasteiger partial charge >= 0.3 is 12.1 Å². The number of alkyl halides is 3. The molecular formula is C11H12F3N3O2S. The highest BCUT2D eigenvalue weighted by molar-refractivity contribution is 7.80. The van der Waals surface area contributed by atoms with Gasteiger partial charge in [-0.15, -0.1) is 0 Å². The van der Waals surface area contributed by atoms with Crippen molar-refractivity contribution < 1.29 is 22.7 Å². The number of esters is 1. The first-order valence-electron chi connectivity index (χ1n) is 5.53. The minimum Gasteiger partial charge on any atom is -0.465 e. The molecule has 1 aromatic heterocycles. The quantitative estimate of drug-likeness (QED) is 0.637. The standard InChI is InChI=1S/C11H12F3N3O2S/c1-2-19-8(18)5-16-10-6(9(15)20)3-4-7(17-10)11(12,13)14/h3-4H,2,5H2,1H3,(H2,15,20)(H,16,17). The predicted molar refractivity (Wildman–Crippen MR) is 70.2 cm³/mol. The minimum atomic E-state index is -4.60. The van der Waals surface area contributed by atoms with Gasteiger partial charge in [0.15, 0.2) is 0 Å². The van der Waals surface area contributed by atoms with Crippen LogP contribution >= 0.6 is 12.2 Å². The van der Waals surface area contributed by atoms with Gasteiger partial charge in [-0.25, -0.2) is 4.98 Å². The molecule has 0 atom stereocenters. The van der Waals surface area contributed by atoms with Gasteiger partial charge in [0.1, 0.15) is 23.0 Å². The molecule has 0 spiro atoms. The largest absolute Gasteiger partial charge is 0.465 e. The van der Waals surface area contributed by atoms with Gasteiger partial charge in [-0.2, -0.15) is 13.2 Å². The van der Waals surface area contributed by atoms with E-state index >= 15 is 0 Å². The van der Waals surface area contributed by atoms with Gasteiger partial charge in [0, 0.05) is 0 Å². The molecule has 0 saturated carbocycles. The first kappa shape index (κ1) is 16.2. The highest BCUT2D eigenvalue weighted by Crippen LogP contribution is 2.29. The van der Waals surface area contributed by atoms with Crippen LogP contribution in [-0.2, 0) is 15.7 Å². The summed E-state index contributed by atoms with van der Waals surface area (Å²) in [7, 11) is 0. The number of carbonyl (C=O) groups is 1. The van der Waals surface area contributed by atoms with Crippen molar-refractivity contribution in [1.29, 1.82) is 0 Å². The highest BCUT2D eigenvalue weighted by Gasteiger charge is 2.33. The number of hydrogen-bond acceptors (Lipinski definition) is 5. The number of rotatable bonds is 5. The van der Waals surface area contributed by atoms with E-state index < -0.39 is 17.8 Å². The van der Waals surface area contributed by atoms with E-state index in [9.17, 15) is 18.0 Å². The second-order valence-electron chi connectivity index (χ2n) is 3.61. The van der Waals surface area contributed by atoms with Crippen LogP contribution in [0.3, 0.4) is 0 Å².